The first-order chi connectivity index (χ1) is 47.1. The third-order valence-electron chi connectivity index (χ3n) is 12.6. The number of carboxylic acids is 4. The van der Waals surface area contributed by atoms with E-state index in [9.17, 15) is 58.8 Å². The summed E-state index contributed by atoms with van der Waals surface area (Å²) < 4.78 is 84.1. The molecule has 0 aliphatic rings. The number of hydrogen-bond donors (Lipinski definition) is 7. The molecule has 8 N–H and O–H groups in total. The van der Waals surface area contributed by atoms with Gasteiger partial charge in [0.1, 0.15) is 0 Å². The van der Waals surface area contributed by atoms with Crippen LogP contribution in [0.2, 0.25) is 0 Å². The van der Waals surface area contributed by atoms with E-state index in [0.717, 1.165) is 48.9 Å². The van der Waals surface area contributed by atoms with E-state index in [4.69, 9.17) is 58.3 Å². The topological polar surface area (TPSA) is 383 Å². The SMILES string of the molecule is CCOC(=O)Cc1ccc(S(=O)(=O)CC)cc1.CCOC(=O)Cc1ccc(SCC)cc1.CCOC(=S)Sc1ccc(CC(=O)O)cc1.CCS(=O)(=O)c1ccc(CC(=O)O)cc1.CCS(=O)(=O)c1ccc(CC(N)=O)cc1.Nc1ccc(CC(=O)O)cc1.O=C(O)Cc1ccc(S)cc1. The minimum atomic E-state index is -3.19. The van der Waals surface area contributed by atoms with Crippen molar-refractivity contribution in [3.05, 3.63) is 209 Å². The molecule has 542 valence electrons. The quantitative estimate of drug-likeness (QED) is 0.00870. The number of carbonyl (C=O) groups excluding carboxylic acids is 3. The van der Waals surface area contributed by atoms with Crippen LogP contribution in [0.15, 0.2) is 199 Å². The van der Waals surface area contributed by atoms with Gasteiger partial charge >= 0.3 is 35.8 Å². The Balaban J connectivity index is 0.000000586. The molecular weight excluding hydrogens is 1430 g/mol. The third kappa shape index (κ3) is 39.9. The molecule has 0 saturated carbocycles. The Labute approximate surface area is 604 Å². The van der Waals surface area contributed by atoms with E-state index in [0.29, 0.717) is 41.9 Å². The van der Waals surface area contributed by atoms with Crippen molar-refractivity contribution in [2.24, 2.45) is 5.73 Å². The first-order valence-corrected chi connectivity index (χ1v) is 38.4. The molecule has 7 rings (SSSR count). The van der Waals surface area contributed by atoms with Crippen molar-refractivity contribution in [1.29, 1.82) is 0 Å². The minimum Gasteiger partial charge on any atom is -0.481 e. The van der Waals surface area contributed by atoms with Crippen molar-refractivity contribution in [2.45, 2.75) is 123 Å². The normalized spacial score (nSPS) is 10.4. The van der Waals surface area contributed by atoms with Gasteiger partial charge in [-0.05, 0) is 174 Å². The molecule has 29 heteroatoms. The standard InChI is InChI=1S/C12H16O4S.C12H16O2S.C11H12O3S2.C10H13NO3S.C10H12O4S.C8H9NO2.C8H8O2S/c1-3-16-12(13)9-10-5-7-11(8-6-10)17(14,15)4-2;1-3-14-12(13)9-10-5-7-11(8-6-10)15-4-2;1-2-14-11(15)16-9-5-3-8(4-6-9)7-10(12)13;2*1-2-15(13,14)9-5-3-8(4-6-9)7-10(11)12;9-7-3-1-6(2-4-7)5-8(10)11;9-8(10)5-6-1-3-7(11)4-2-6/h5-8H,3-4,9H2,1-2H3;5-8H,3-4,9H2,1-2H3;3-6H,2,7H2,1H3,(H,12,13);3-6H,2,7H2,1H3,(H2,11,12);3-6H,2,7H2,1H3,(H,11,12);1-4H,5,9H2,(H,10,11);1-4,11H,5H2,(H,9,10). The Kier molecular flexibility index (Phi) is 43.1. The predicted molar refractivity (Wildman–Crippen MR) is 395 cm³/mol. The number of thioether (sulfide) groups is 2. The fourth-order valence-electron chi connectivity index (χ4n) is 7.64. The molecule has 0 saturated heterocycles. The number of sulfone groups is 3. The molecule has 7 aromatic rings. The highest BCUT2D eigenvalue weighted by Crippen LogP contribution is 2.22. The number of rotatable bonds is 26. The third-order valence-corrected chi connectivity index (χ3v) is 20.2. The van der Waals surface area contributed by atoms with Gasteiger partial charge in [-0.2, -0.15) is 0 Å². The predicted octanol–water partition coefficient (Wildman–Crippen LogP) is 11.3. The second-order valence-electron chi connectivity index (χ2n) is 20.4. The van der Waals surface area contributed by atoms with Crippen LogP contribution in [0.5, 0.6) is 0 Å². The Morgan fingerprint density at radius 1 is 0.390 bits per heavy atom. The first-order valence-electron chi connectivity index (χ1n) is 30.8. The van der Waals surface area contributed by atoms with Gasteiger partial charge in [0.15, 0.2) is 29.5 Å². The number of hydrogen-bond acceptors (Lipinski definition) is 21. The second kappa shape index (κ2) is 48.2. The first kappa shape index (κ1) is 89.4. The number of esters is 2. The molecular formula is C71H86N2O20S7. The van der Waals surface area contributed by atoms with Gasteiger partial charge in [0.05, 0.1) is 96.7 Å². The molecule has 1 amide bonds. The summed E-state index contributed by atoms with van der Waals surface area (Å²) in [5.41, 5.74) is 16.5. The number of carbonyl (C=O) groups is 7. The van der Waals surface area contributed by atoms with Gasteiger partial charge in [-0.15, -0.1) is 24.4 Å². The van der Waals surface area contributed by atoms with Crippen molar-refractivity contribution in [3.8, 4) is 0 Å². The van der Waals surface area contributed by atoms with Gasteiger partial charge in [0.25, 0.3) is 0 Å². The lowest BCUT2D eigenvalue weighted by molar-refractivity contribution is -0.143. The van der Waals surface area contributed by atoms with Crippen LogP contribution in [0.1, 0.15) is 87.4 Å². The molecule has 22 nitrogen and oxygen atoms in total. The van der Waals surface area contributed by atoms with Gasteiger partial charge in [0, 0.05) is 20.4 Å². The monoisotopic (exact) mass is 1510 g/mol. The number of thiol groups is 1. The van der Waals surface area contributed by atoms with Crippen LogP contribution in [-0.4, -0.2) is 135 Å². The number of aliphatic carboxylic acids is 4. The molecule has 0 aliphatic heterocycles. The fraction of sp³-hybridized carbons (Fsp3) is 0.296. The smallest absolute Gasteiger partial charge is 0.310 e. The molecule has 7 aromatic carbocycles. The zero-order chi connectivity index (χ0) is 75.4. The number of carboxylic acid groups (broad SMARTS) is 4. The summed E-state index contributed by atoms with van der Waals surface area (Å²) in [6.07, 6.45) is 0.749. The highest BCUT2D eigenvalue weighted by molar-refractivity contribution is 8.22. The van der Waals surface area contributed by atoms with Crippen molar-refractivity contribution in [2.75, 3.05) is 48.6 Å². The van der Waals surface area contributed by atoms with Gasteiger partial charge < -0.3 is 46.1 Å². The zero-order valence-corrected chi connectivity index (χ0v) is 62.2. The van der Waals surface area contributed by atoms with E-state index in [1.54, 1.807) is 124 Å². The summed E-state index contributed by atoms with van der Waals surface area (Å²) in [4.78, 5) is 78.2. The van der Waals surface area contributed by atoms with Crippen LogP contribution >= 0.6 is 48.4 Å². The lowest BCUT2D eigenvalue weighted by atomic mass is 10.1. The summed E-state index contributed by atoms with van der Waals surface area (Å²) >= 11 is 12.2. The maximum absolute atomic E-state index is 11.5. The Bertz CT molecular complexity index is 3880. The molecule has 0 unspecified atom stereocenters. The summed E-state index contributed by atoms with van der Waals surface area (Å²) in [7, 11) is -9.52. The molecule has 0 heterocycles. The summed E-state index contributed by atoms with van der Waals surface area (Å²) in [6, 6.07) is 47.6. The average molecular weight is 1510 g/mol. The Morgan fingerprint density at radius 3 is 0.920 bits per heavy atom. The van der Waals surface area contributed by atoms with E-state index >= 15 is 0 Å². The summed E-state index contributed by atoms with van der Waals surface area (Å²) in [5.74, 6) is -3.03. The highest BCUT2D eigenvalue weighted by atomic mass is 32.2. The number of nitrogens with two attached hydrogens (primary N) is 2. The fourth-order valence-corrected chi connectivity index (χ4v) is 12.2. The summed E-state index contributed by atoms with van der Waals surface area (Å²) in [5, 5.41) is 34.0. The maximum Gasteiger partial charge on any atom is 0.310 e. The van der Waals surface area contributed by atoms with Gasteiger partial charge in [0.2, 0.25) is 10.3 Å². The highest BCUT2D eigenvalue weighted by Gasteiger charge is 2.15. The van der Waals surface area contributed by atoms with Crippen LogP contribution in [0, 0.1) is 0 Å². The Morgan fingerprint density at radius 2 is 0.650 bits per heavy atom. The van der Waals surface area contributed by atoms with Crippen LogP contribution in [0.3, 0.4) is 0 Å². The van der Waals surface area contributed by atoms with Crippen LogP contribution < -0.4 is 11.5 Å². The minimum absolute atomic E-state index is 0.0425. The van der Waals surface area contributed by atoms with Gasteiger partial charge in [-0.3, -0.25) is 33.6 Å². The average Bonchev–Trinajstić information content (AvgIpc) is 0.866. The number of nitrogen functional groups attached to an aromatic ring is 1. The molecule has 100 heavy (non-hydrogen) atoms. The Hall–Kier alpha value is -8.58. The van der Waals surface area contributed by atoms with Crippen LogP contribution in [-0.2, 0) is 122 Å². The van der Waals surface area contributed by atoms with Crippen molar-refractivity contribution in [1.82, 2.24) is 0 Å². The molecule has 0 aromatic heterocycles. The molecule has 0 bridgehead atoms. The number of anilines is 1. The molecule has 0 radical (unpaired) electrons. The van der Waals surface area contributed by atoms with Crippen LogP contribution in [0.4, 0.5) is 5.69 Å². The largest absolute Gasteiger partial charge is 0.481 e. The van der Waals surface area contributed by atoms with Crippen molar-refractivity contribution < 1.29 is 93.5 Å². The molecule has 0 spiro atoms. The van der Waals surface area contributed by atoms with Gasteiger partial charge in [-0.1, -0.05) is 113 Å². The number of ether oxygens (including phenoxy) is 3. The van der Waals surface area contributed by atoms with E-state index in [2.05, 4.69) is 19.6 Å². The van der Waals surface area contributed by atoms with Gasteiger partial charge in [-0.25, -0.2) is 25.3 Å². The van der Waals surface area contributed by atoms with E-state index in [1.807, 2.05) is 50.2 Å². The van der Waals surface area contributed by atoms with E-state index < -0.39 is 59.3 Å². The second-order valence-corrected chi connectivity index (χ2v) is 30.8. The maximum atomic E-state index is 11.5. The zero-order valence-electron chi connectivity index (χ0n) is 56.4. The van der Waals surface area contributed by atoms with Crippen molar-refractivity contribution in [3.63, 3.8) is 0 Å². The number of benzene rings is 7. The number of thiocarbonyl (C=S) groups is 1. The van der Waals surface area contributed by atoms with Crippen molar-refractivity contribution >= 4 is 130 Å². The lowest BCUT2D eigenvalue weighted by Crippen LogP contribution is -2.13. The van der Waals surface area contributed by atoms with E-state index in [-0.39, 0.29) is 82.4 Å². The number of amides is 1. The molecule has 0 atom stereocenters. The van der Waals surface area contributed by atoms with E-state index in [1.165, 1.54) is 65.2 Å². The number of primary amides is 1. The van der Waals surface area contributed by atoms with Crippen LogP contribution in [0.25, 0.3) is 0 Å². The molecule has 0 aliphatic carbocycles. The summed E-state index contributed by atoms with van der Waals surface area (Å²) in [6.45, 7) is 13.7. The lowest BCUT2D eigenvalue weighted by Gasteiger charge is -2.04. The molecule has 0 fully saturated rings.